The lowest BCUT2D eigenvalue weighted by Crippen LogP contribution is -2.24. The zero-order valence-electron chi connectivity index (χ0n) is 13.6. The van der Waals surface area contributed by atoms with E-state index in [0.717, 1.165) is 16.9 Å². The molecular weight excluding hydrogens is 495 g/mol. The predicted molar refractivity (Wildman–Crippen MR) is 95.7 cm³/mol. The number of alkyl halides is 6. The predicted octanol–water partition coefficient (Wildman–Crippen LogP) is 3.88. The quantitative estimate of drug-likeness (QED) is 0.284. The van der Waals surface area contributed by atoms with Gasteiger partial charge < -0.3 is 15.8 Å². The molecule has 0 bridgehead atoms. The Morgan fingerprint density at radius 2 is 1.85 bits per heavy atom. The maximum Gasteiger partial charge on any atom is 0.573 e. The Hall–Kier alpha value is -2.19. The molecule has 1 aromatic carbocycles. The van der Waals surface area contributed by atoms with E-state index in [-0.39, 0.29) is 41.2 Å². The molecule has 0 unspecified atom stereocenters. The van der Waals surface area contributed by atoms with Gasteiger partial charge in [-0.1, -0.05) is 12.1 Å². The number of nitrogens with zero attached hydrogens (tertiary/aromatic N) is 3. The monoisotopic (exact) mass is 509 g/mol. The fraction of sp³-hybridized carbons (Fsp3) is 0.286. The van der Waals surface area contributed by atoms with Gasteiger partial charge in [0.25, 0.3) is 0 Å². The Balaban J connectivity index is 0.00000364. The first kappa shape index (κ1) is 22.9. The highest BCUT2D eigenvalue weighted by atomic mass is 127. The number of ether oxygens (including phenoxy) is 1. The van der Waals surface area contributed by atoms with Crippen molar-refractivity contribution in [3.8, 4) is 5.75 Å². The summed E-state index contributed by atoms with van der Waals surface area (Å²) in [7, 11) is 1.31. The molecule has 0 radical (unpaired) electrons. The van der Waals surface area contributed by atoms with E-state index < -0.39 is 30.5 Å². The van der Waals surface area contributed by atoms with E-state index in [1.54, 1.807) is 0 Å². The first-order valence-electron chi connectivity index (χ1n) is 6.97. The summed E-state index contributed by atoms with van der Waals surface area (Å²) in [6, 6.07) is 5.02. The molecular formula is C14H14F6IN5O. The highest BCUT2D eigenvalue weighted by Crippen LogP contribution is 2.31. The lowest BCUT2D eigenvalue weighted by atomic mass is 10.2. The van der Waals surface area contributed by atoms with E-state index in [2.05, 4.69) is 20.1 Å². The van der Waals surface area contributed by atoms with Crippen molar-refractivity contribution < 1.29 is 31.1 Å². The van der Waals surface area contributed by atoms with Crippen LogP contribution >= 0.6 is 24.0 Å². The number of aryl methyl sites for hydroxylation is 1. The first-order valence-corrected chi connectivity index (χ1v) is 6.97. The molecule has 2 rings (SSSR count). The van der Waals surface area contributed by atoms with Gasteiger partial charge in [-0.25, -0.2) is 4.99 Å². The molecule has 3 N–H and O–H groups in total. The van der Waals surface area contributed by atoms with Crippen LogP contribution in [0.1, 0.15) is 11.3 Å². The van der Waals surface area contributed by atoms with Crippen LogP contribution in [-0.4, -0.2) is 22.1 Å². The third-order valence-electron chi connectivity index (χ3n) is 2.97. The third-order valence-corrected chi connectivity index (χ3v) is 2.97. The van der Waals surface area contributed by atoms with Crippen molar-refractivity contribution in [1.82, 2.24) is 9.78 Å². The van der Waals surface area contributed by atoms with Crippen molar-refractivity contribution in [3.05, 3.63) is 41.7 Å². The van der Waals surface area contributed by atoms with Gasteiger partial charge in [0.05, 0.1) is 12.2 Å². The van der Waals surface area contributed by atoms with Crippen LogP contribution in [0.2, 0.25) is 0 Å². The summed E-state index contributed by atoms with van der Waals surface area (Å²) in [5.41, 5.74) is 4.06. The number of hydrogen-bond acceptors (Lipinski definition) is 3. The van der Waals surface area contributed by atoms with Crippen molar-refractivity contribution in [1.29, 1.82) is 0 Å². The molecule has 13 heteroatoms. The number of halogens is 7. The molecule has 0 fully saturated rings. The number of rotatable bonds is 4. The van der Waals surface area contributed by atoms with Crippen LogP contribution in [0.25, 0.3) is 0 Å². The van der Waals surface area contributed by atoms with Crippen LogP contribution in [0.3, 0.4) is 0 Å². The van der Waals surface area contributed by atoms with E-state index in [0.29, 0.717) is 0 Å². The Labute approximate surface area is 166 Å². The maximum atomic E-state index is 12.8. The minimum absolute atomic E-state index is 0. The second-order valence-electron chi connectivity index (χ2n) is 5.04. The number of aromatic nitrogens is 2. The van der Waals surface area contributed by atoms with E-state index >= 15 is 0 Å². The average Bonchev–Trinajstić information content (AvgIpc) is 2.87. The van der Waals surface area contributed by atoms with Crippen LogP contribution in [0.5, 0.6) is 5.75 Å². The minimum atomic E-state index is -4.92. The number of hydrogen-bond donors (Lipinski definition) is 2. The van der Waals surface area contributed by atoms with Gasteiger partial charge in [0.15, 0.2) is 17.4 Å². The van der Waals surface area contributed by atoms with Gasteiger partial charge in [0, 0.05) is 18.8 Å². The van der Waals surface area contributed by atoms with Crippen LogP contribution in [0, 0.1) is 0 Å². The van der Waals surface area contributed by atoms with Crippen LogP contribution in [0.15, 0.2) is 35.5 Å². The van der Waals surface area contributed by atoms with E-state index in [1.807, 2.05) is 0 Å². The average molecular weight is 509 g/mol. The van der Waals surface area contributed by atoms with Crippen molar-refractivity contribution >= 4 is 35.6 Å². The standard InChI is InChI=1S/C14H13F6N5O.HI/c1-25-7-8(11(24-25)13(15,16)17)6-22-12(21)23-9-4-2-3-5-10(9)26-14(18,19)20;/h2-5,7H,6H2,1H3,(H3,21,22,23);1H. The zero-order chi connectivity index (χ0) is 19.5. The smallest absolute Gasteiger partial charge is 0.404 e. The highest BCUT2D eigenvalue weighted by molar-refractivity contribution is 14.0. The van der Waals surface area contributed by atoms with Crippen LogP contribution in [0.4, 0.5) is 32.0 Å². The fourth-order valence-corrected chi connectivity index (χ4v) is 2.02. The largest absolute Gasteiger partial charge is 0.573 e. The molecule has 0 spiro atoms. The van der Waals surface area contributed by atoms with Crippen LogP contribution in [-0.2, 0) is 19.8 Å². The molecule has 0 aliphatic rings. The highest BCUT2D eigenvalue weighted by Gasteiger charge is 2.36. The molecule has 2 aromatic rings. The zero-order valence-corrected chi connectivity index (χ0v) is 15.9. The Kier molecular flexibility index (Phi) is 7.33. The minimum Gasteiger partial charge on any atom is -0.404 e. The SMILES string of the molecule is Cn1cc(CN=C(N)Nc2ccccc2OC(F)(F)F)c(C(F)(F)F)n1.I. The molecule has 1 aromatic heterocycles. The van der Waals surface area contributed by atoms with Crippen LogP contribution < -0.4 is 15.8 Å². The van der Waals surface area contributed by atoms with Gasteiger partial charge in [-0.3, -0.25) is 4.68 Å². The maximum absolute atomic E-state index is 12.8. The fourth-order valence-electron chi connectivity index (χ4n) is 2.02. The van der Waals surface area contributed by atoms with Crippen molar-refractivity contribution in [2.24, 2.45) is 17.8 Å². The van der Waals surface area contributed by atoms with Crippen molar-refractivity contribution in [2.75, 3.05) is 5.32 Å². The number of guanidine groups is 1. The lowest BCUT2D eigenvalue weighted by Gasteiger charge is -2.14. The Morgan fingerprint density at radius 1 is 1.22 bits per heavy atom. The lowest BCUT2D eigenvalue weighted by molar-refractivity contribution is -0.274. The number of anilines is 1. The summed E-state index contributed by atoms with van der Waals surface area (Å²) in [6.07, 6.45) is -8.46. The molecule has 27 heavy (non-hydrogen) atoms. The number of aliphatic imine (C=N–C) groups is 1. The number of benzene rings is 1. The summed E-state index contributed by atoms with van der Waals surface area (Å²) in [5.74, 6) is -0.948. The molecule has 0 saturated heterocycles. The molecule has 6 nitrogen and oxygen atoms in total. The molecule has 0 aliphatic heterocycles. The second kappa shape index (κ2) is 8.67. The van der Waals surface area contributed by atoms with Gasteiger partial charge in [-0.05, 0) is 12.1 Å². The topological polar surface area (TPSA) is 77.5 Å². The van der Waals surface area contributed by atoms with Gasteiger partial charge >= 0.3 is 12.5 Å². The van der Waals surface area contributed by atoms with Gasteiger partial charge in [-0.15, -0.1) is 37.1 Å². The van der Waals surface area contributed by atoms with E-state index in [4.69, 9.17) is 5.73 Å². The summed E-state index contributed by atoms with van der Waals surface area (Å²) >= 11 is 0. The number of para-hydroxylation sites is 2. The van der Waals surface area contributed by atoms with E-state index in [9.17, 15) is 26.3 Å². The number of nitrogens with two attached hydrogens (primary N) is 1. The molecule has 1 heterocycles. The summed E-state index contributed by atoms with van der Waals surface area (Å²) in [6.45, 7) is -0.468. The second-order valence-corrected chi connectivity index (χ2v) is 5.04. The third kappa shape index (κ3) is 6.80. The Bertz CT molecular complexity index is 802. The molecule has 150 valence electrons. The molecule has 0 saturated carbocycles. The summed E-state index contributed by atoms with van der Waals surface area (Å²) < 4.78 is 80.4. The summed E-state index contributed by atoms with van der Waals surface area (Å²) in [4.78, 5) is 3.71. The Morgan fingerprint density at radius 3 is 2.44 bits per heavy atom. The van der Waals surface area contributed by atoms with Gasteiger partial charge in [-0.2, -0.15) is 18.3 Å². The van der Waals surface area contributed by atoms with Crippen molar-refractivity contribution in [2.45, 2.75) is 19.1 Å². The molecule has 0 atom stereocenters. The van der Waals surface area contributed by atoms with Gasteiger partial charge in [0.2, 0.25) is 0 Å². The van der Waals surface area contributed by atoms with E-state index in [1.165, 1.54) is 25.2 Å². The molecule has 0 amide bonds. The molecule has 0 aliphatic carbocycles. The number of nitrogens with one attached hydrogen (secondary N) is 1. The normalized spacial score (nSPS) is 12.5. The first-order chi connectivity index (χ1) is 12.0. The summed E-state index contributed by atoms with van der Waals surface area (Å²) in [5, 5.41) is 5.68. The van der Waals surface area contributed by atoms with Crippen molar-refractivity contribution in [3.63, 3.8) is 0 Å². The van der Waals surface area contributed by atoms with Gasteiger partial charge in [0.1, 0.15) is 0 Å².